The summed E-state index contributed by atoms with van der Waals surface area (Å²) in [6.45, 7) is 3.66. The van der Waals surface area contributed by atoms with Crippen LogP contribution in [-0.4, -0.2) is 16.1 Å². The van der Waals surface area contributed by atoms with E-state index in [0.29, 0.717) is 21.3 Å². The number of carboxylic acids is 1. The van der Waals surface area contributed by atoms with Crippen LogP contribution in [-0.2, 0) is 4.79 Å². The molecule has 2 N–H and O–H groups in total. The second-order valence-electron chi connectivity index (χ2n) is 5.83. The first-order chi connectivity index (χ1) is 11.9. The van der Waals surface area contributed by atoms with E-state index in [-0.39, 0.29) is 5.57 Å². The first-order valence-corrected chi connectivity index (χ1v) is 8.43. The van der Waals surface area contributed by atoms with Crippen molar-refractivity contribution in [2.75, 3.05) is 0 Å². The number of nitrogens with zero attached hydrogens (tertiary/aromatic N) is 1. The van der Waals surface area contributed by atoms with Gasteiger partial charge in [0.1, 0.15) is 0 Å². The Hall–Kier alpha value is -2.30. The predicted molar refractivity (Wildman–Crippen MR) is 99.5 cm³/mol. The third-order valence-corrected chi connectivity index (χ3v) is 5.09. The standard InChI is InChI=1S/C19H16Cl2N2O2/c1-10-15(12-5-4-8-22-9-12)17(16(19(24)25)11(2)23-10)13-6-3-7-14(20)18(13)21/h3-9,17,23H,1-2H3,(H,24,25). The molecule has 3 rings (SSSR count). The Labute approximate surface area is 155 Å². The summed E-state index contributed by atoms with van der Waals surface area (Å²) in [4.78, 5) is 16.2. The van der Waals surface area contributed by atoms with E-state index in [9.17, 15) is 9.90 Å². The minimum absolute atomic E-state index is 0.244. The highest BCUT2D eigenvalue weighted by molar-refractivity contribution is 6.42. The number of pyridine rings is 1. The third-order valence-electron chi connectivity index (χ3n) is 4.26. The van der Waals surface area contributed by atoms with Gasteiger partial charge in [-0.1, -0.05) is 41.4 Å². The van der Waals surface area contributed by atoms with Crippen molar-refractivity contribution in [3.05, 3.63) is 80.9 Å². The van der Waals surface area contributed by atoms with Crippen LogP contribution in [0.5, 0.6) is 0 Å². The number of aliphatic carboxylic acids is 1. The van der Waals surface area contributed by atoms with Crippen molar-refractivity contribution in [3.63, 3.8) is 0 Å². The van der Waals surface area contributed by atoms with Crippen molar-refractivity contribution in [1.82, 2.24) is 10.3 Å². The normalized spacial score (nSPS) is 17.5. The number of carboxylic acid groups (broad SMARTS) is 1. The average molecular weight is 375 g/mol. The number of nitrogens with one attached hydrogen (secondary N) is 1. The van der Waals surface area contributed by atoms with Gasteiger partial charge in [0.25, 0.3) is 0 Å². The molecule has 0 amide bonds. The van der Waals surface area contributed by atoms with Gasteiger partial charge in [0.2, 0.25) is 0 Å². The highest BCUT2D eigenvalue weighted by Crippen LogP contribution is 2.46. The number of hydrogen-bond donors (Lipinski definition) is 2. The predicted octanol–water partition coefficient (Wildman–Crippen LogP) is 4.87. The summed E-state index contributed by atoms with van der Waals surface area (Å²) in [6.07, 6.45) is 3.39. The molecule has 1 aliphatic heterocycles. The lowest BCUT2D eigenvalue weighted by molar-refractivity contribution is -0.132. The van der Waals surface area contributed by atoms with Gasteiger partial charge in [-0.2, -0.15) is 0 Å². The summed E-state index contributed by atoms with van der Waals surface area (Å²) < 4.78 is 0. The number of allylic oxidation sites excluding steroid dienone is 3. The van der Waals surface area contributed by atoms with E-state index in [1.54, 1.807) is 31.5 Å². The number of aromatic nitrogens is 1. The van der Waals surface area contributed by atoms with Crippen LogP contribution in [0.1, 0.15) is 30.9 Å². The van der Waals surface area contributed by atoms with E-state index in [2.05, 4.69) is 10.3 Å². The number of hydrogen-bond acceptors (Lipinski definition) is 3. The molecule has 1 aromatic carbocycles. The molecule has 0 saturated carbocycles. The molecular weight excluding hydrogens is 359 g/mol. The second kappa shape index (κ2) is 6.90. The van der Waals surface area contributed by atoms with Gasteiger partial charge in [-0.15, -0.1) is 0 Å². The lowest BCUT2D eigenvalue weighted by Crippen LogP contribution is -2.27. The van der Waals surface area contributed by atoms with Crippen molar-refractivity contribution >= 4 is 34.7 Å². The van der Waals surface area contributed by atoms with Crippen molar-refractivity contribution in [2.24, 2.45) is 0 Å². The first kappa shape index (κ1) is 17.5. The quantitative estimate of drug-likeness (QED) is 0.804. The van der Waals surface area contributed by atoms with Crippen molar-refractivity contribution in [2.45, 2.75) is 19.8 Å². The molecule has 1 unspecified atom stereocenters. The van der Waals surface area contributed by atoms with Gasteiger partial charge in [-0.3, -0.25) is 4.98 Å². The molecule has 25 heavy (non-hydrogen) atoms. The summed E-state index contributed by atoms with van der Waals surface area (Å²) in [5, 5.41) is 13.8. The molecule has 0 bridgehead atoms. The smallest absolute Gasteiger partial charge is 0.334 e. The zero-order valence-electron chi connectivity index (χ0n) is 13.7. The van der Waals surface area contributed by atoms with Crippen LogP contribution < -0.4 is 5.32 Å². The van der Waals surface area contributed by atoms with Crippen molar-refractivity contribution < 1.29 is 9.90 Å². The van der Waals surface area contributed by atoms with Gasteiger partial charge in [-0.05, 0) is 42.7 Å². The summed E-state index contributed by atoms with van der Waals surface area (Å²) >= 11 is 12.6. The van der Waals surface area contributed by atoms with E-state index in [1.807, 2.05) is 25.1 Å². The van der Waals surface area contributed by atoms with Crippen LogP contribution in [0.4, 0.5) is 0 Å². The van der Waals surface area contributed by atoms with Gasteiger partial charge >= 0.3 is 5.97 Å². The number of rotatable bonds is 3. The van der Waals surface area contributed by atoms with Gasteiger partial charge in [-0.25, -0.2) is 4.79 Å². The molecular formula is C19H16Cl2N2O2. The van der Waals surface area contributed by atoms with Gasteiger partial charge < -0.3 is 10.4 Å². The number of benzene rings is 1. The molecule has 0 aliphatic carbocycles. The SMILES string of the molecule is CC1=C(C(=O)O)C(c2cccc(Cl)c2Cl)C(c2cccnc2)=C(C)N1. The summed E-state index contributed by atoms with van der Waals surface area (Å²) in [6, 6.07) is 8.99. The highest BCUT2D eigenvalue weighted by atomic mass is 35.5. The van der Waals surface area contributed by atoms with E-state index in [0.717, 1.165) is 16.8 Å². The maximum absolute atomic E-state index is 12.0. The molecule has 0 radical (unpaired) electrons. The molecule has 4 nitrogen and oxygen atoms in total. The molecule has 0 fully saturated rings. The van der Waals surface area contributed by atoms with Gasteiger partial charge in [0, 0.05) is 29.7 Å². The number of carbonyl (C=O) groups is 1. The van der Waals surface area contributed by atoms with Crippen LogP contribution in [0.25, 0.3) is 5.57 Å². The largest absolute Gasteiger partial charge is 0.478 e. The number of halogens is 2. The third kappa shape index (κ3) is 3.15. The Morgan fingerprint density at radius 1 is 1.16 bits per heavy atom. The number of dihydropyridines is 1. The second-order valence-corrected chi connectivity index (χ2v) is 6.61. The molecule has 2 aromatic rings. The van der Waals surface area contributed by atoms with Crippen LogP contribution in [0.3, 0.4) is 0 Å². The summed E-state index contributed by atoms with van der Waals surface area (Å²) in [7, 11) is 0. The van der Waals surface area contributed by atoms with E-state index >= 15 is 0 Å². The fraction of sp³-hybridized carbons (Fsp3) is 0.158. The molecule has 128 valence electrons. The zero-order chi connectivity index (χ0) is 18.1. The Bertz CT molecular complexity index is 905. The molecule has 1 aliphatic rings. The monoisotopic (exact) mass is 374 g/mol. The first-order valence-electron chi connectivity index (χ1n) is 7.68. The van der Waals surface area contributed by atoms with Crippen LogP contribution in [0.15, 0.2) is 59.7 Å². The molecule has 0 saturated heterocycles. The van der Waals surface area contributed by atoms with E-state index in [1.165, 1.54) is 0 Å². The highest BCUT2D eigenvalue weighted by Gasteiger charge is 2.35. The Kier molecular flexibility index (Phi) is 4.84. The topological polar surface area (TPSA) is 62.2 Å². The Morgan fingerprint density at radius 2 is 1.92 bits per heavy atom. The minimum atomic E-state index is -1.00. The van der Waals surface area contributed by atoms with E-state index in [4.69, 9.17) is 23.2 Å². The van der Waals surface area contributed by atoms with Crippen LogP contribution in [0.2, 0.25) is 10.0 Å². The van der Waals surface area contributed by atoms with E-state index < -0.39 is 11.9 Å². The zero-order valence-corrected chi connectivity index (χ0v) is 15.2. The average Bonchev–Trinajstić information content (AvgIpc) is 2.57. The lowest BCUT2D eigenvalue weighted by Gasteiger charge is -2.31. The Morgan fingerprint density at radius 3 is 2.56 bits per heavy atom. The maximum Gasteiger partial charge on any atom is 0.334 e. The fourth-order valence-corrected chi connectivity index (χ4v) is 3.65. The summed E-state index contributed by atoms with van der Waals surface area (Å²) in [5.74, 6) is -1.55. The minimum Gasteiger partial charge on any atom is -0.478 e. The van der Waals surface area contributed by atoms with Gasteiger partial charge in [0.05, 0.1) is 15.6 Å². The Balaban J connectivity index is 2.31. The fourth-order valence-electron chi connectivity index (χ4n) is 3.24. The maximum atomic E-state index is 12.0. The van der Waals surface area contributed by atoms with Crippen LogP contribution in [0, 0.1) is 0 Å². The molecule has 1 aromatic heterocycles. The molecule has 6 heteroatoms. The molecule has 0 spiro atoms. The van der Waals surface area contributed by atoms with Gasteiger partial charge in [0.15, 0.2) is 0 Å². The lowest BCUT2D eigenvalue weighted by atomic mass is 9.78. The van der Waals surface area contributed by atoms with Crippen LogP contribution >= 0.6 is 23.2 Å². The van der Waals surface area contributed by atoms with Crippen molar-refractivity contribution in [3.8, 4) is 0 Å². The summed E-state index contributed by atoms with van der Waals surface area (Å²) in [5.41, 5.74) is 3.99. The molecule has 2 heterocycles. The molecule has 1 atom stereocenters. The van der Waals surface area contributed by atoms with Crippen molar-refractivity contribution in [1.29, 1.82) is 0 Å².